The van der Waals surface area contributed by atoms with Crippen molar-refractivity contribution in [3.8, 4) is 23.0 Å². The summed E-state index contributed by atoms with van der Waals surface area (Å²) in [6.07, 6.45) is 0. The average molecular weight is 394 g/mol. The van der Waals surface area contributed by atoms with Crippen molar-refractivity contribution in [3.05, 3.63) is 83.4 Å². The van der Waals surface area contributed by atoms with Crippen LogP contribution in [0, 0.1) is 0 Å². The van der Waals surface area contributed by atoms with Gasteiger partial charge in [0, 0.05) is 0 Å². The van der Waals surface area contributed by atoms with Gasteiger partial charge in [-0.1, -0.05) is 24.3 Å². The van der Waals surface area contributed by atoms with Gasteiger partial charge in [0.15, 0.2) is 11.5 Å². The Kier molecular flexibility index (Phi) is 6.58. The van der Waals surface area contributed by atoms with Crippen molar-refractivity contribution in [3.63, 3.8) is 0 Å². The number of hydrogen-bond acceptors (Lipinski definition) is 5. The zero-order valence-corrected chi connectivity index (χ0v) is 16.3. The maximum atomic E-state index is 11.3. The third-order valence-corrected chi connectivity index (χ3v) is 4.30. The van der Waals surface area contributed by atoms with Gasteiger partial charge < -0.3 is 24.1 Å². The highest BCUT2D eigenvalue weighted by atomic mass is 16.5. The lowest BCUT2D eigenvalue weighted by Crippen LogP contribution is -2.03. The minimum atomic E-state index is -1.03. The van der Waals surface area contributed by atoms with E-state index in [4.69, 9.17) is 18.9 Å². The lowest BCUT2D eigenvalue weighted by Gasteiger charge is -2.14. The summed E-state index contributed by atoms with van der Waals surface area (Å²) in [5, 5.41) is 9.28. The highest BCUT2D eigenvalue weighted by molar-refractivity contribution is 5.88. The third kappa shape index (κ3) is 5.42. The van der Waals surface area contributed by atoms with E-state index < -0.39 is 5.97 Å². The van der Waals surface area contributed by atoms with E-state index in [1.165, 1.54) is 12.1 Å². The number of carbonyl (C=O) groups is 1. The Hall–Kier alpha value is -3.67. The van der Waals surface area contributed by atoms with Crippen LogP contribution < -0.4 is 18.9 Å². The minimum Gasteiger partial charge on any atom is -0.497 e. The molecule has 0 amide bonds. The highest BCUT2D eigenvalue weighted by Crippen LogP contribution is 2.30. The van der Waals surface area contributed by atoms with Crippen LogP contribution >= 0.6 is 0 Å². The van der Waals surface area contributed by atoms with Crippen molar-refractivity contribution in [2.45, 2.75) is 13.2 Å². The van der Waals surface area contributed by atoms with Crippen molar-refractivity contribution < 1.29 is 28.8 Å². The molecule has 0 radical (unpaired) electrons. The lowest BCUT2D eigenvalue weighted by molar-refractivity contribution is 0.0696. The Morgan fingerprint density at radius 3 is 1.66 bits per heavy atom. The molecule has 0 saturated carbocycles. The molecule has 0 unspecified atom stereocenters. The van der Waals surface area contributed by atoms with Gasteiger partial charge in [-0.25, -0.2) is 4.79 Å². The predicted molar refractivity (Wildman–Crippen MR) is 108 cm³/mol. The first kappa shape index (κ1) is 20.1. The normalized spacial score (nSPS) is 10.3. The van der Waals surface area contributed by atoms with Gasteiger partial charge in [0.2, 0.25) is 0 Å². The van der Waals surface area contributed by atoms with Crippen LogP contribution in [0.15, 0.2) is 66.7 Å². The fourth-order valence-electron chi connectivity index (χ4n) is 2.64. The van der Waals surface area contributed by atoms with Gasteiger partial charge in [-0.2, -0.15) is 0 Å². The van der Waals surface area contributed by atoms with Crippen molar-refractivity contribution in [2.75, 3.05) is 14.2 Å². The molecule has 0 aliphatic heterocycles. The zero-order valence-electron chi connectivity index (χ0n) is 16.3. The SMILES string of the molecule is COc1ccc(COc2ccc(C(=O)O)cc2OCc2ccc(OC)cc2)cc1. The highest BCUT2D eigenvalue weighted by Gasteiger charge is 2.12. The first-order valence-corrected chi connectivity index (χ1v) is 8.98. The van der Waals surface area contributed by atoms with E-state index in [1.54, 1.807) is 20.3 Å². The second kappa shape index (κ2) is 9.50. The first-order chi connectivity index (χ1) is 14.1. The molecule has 0 fully saturated rings. The molecule has 0 aromatic heterocycles. The molecule has 3 aromatic carbocycles. The van der Waals surface area contributed by atoms with Gasteiger partial charge in [-0.05, 0) is 53.6 Å². The molecule has 0 bridgehead atoms. The second-order valence-electron chi connectivity index (χ2n) is 6.24. The first-order valence-electron chi connectivity index (χ1n) is 8.98. The molecule has 1 N–H and O–H groups in total. The maximum Gasteiger partial charge on any atom is 0.335 e. The topological polar surface area (TPSA) is 74.2 Å². The number of hydrogen-bond donors (Lipinski definition) is 1. The average Bonchev–Trinajstić information content (AvgIpc) is 2.77. The quantitative estimate of drug-likeness (QED) is 0.573. The maximum absolute atomic E-state index is 11.3. The van der Waals surface area contributed by atoms with Crippen LogP contribution in [0.1, 0.15) is 21.5 Å². The van der Waals surface area contributed by atoms with Crippen LogP contribution in [0.25, 0.3) is 0 Å². The predicted octanol–water partition coefficient (Wildman–Crippen LogP) is 4.56. The van der Waals surface area contributed by atoms with Gasteiger partial charge in [0.05, 0.1) is 19.8 Å². The number of aromatic carboxylic acids is 1. The van der Waals surface area contributed by atoms with E-state index in [1.807, 2.05) is 48.5 Å². The van der Waals surface area contributed by atoms with Crippen LogP contribution in [0.2, 0.25) is 0 Å². The molecule has 3 rings (SSSR count). The van der Waals surface area contributed by atoms with Crippen LogP contribution in [-0.4, -0.2) is 25.3 Å². The van der Waals surface area contributed by atoms with Gasteiger partial charge >= 0.3 is 5.97 Å². The Morgan fingerprint density at radius 1 is 0.724 bits per heavy atom. The van der Waals surface area contributed by atoms with E-state index in [9.17, 15) is 9.90 Å². The van der Waals surface area contributed by atoms with E-state index in [2.05, 4.69) is 0 Å². The van der Waals surface area contributed by atoms with Gasteiger partial charge in [-0.3, -0.25) is 0 Å². The molecule has 6 nitrogen and oxygen atoms in total. The Bertz CT molecular complexity index is 948. The molecule has 6 heteroatoms. The van der Waals surface area contributed by atoms with E-state index >= 15 is 0 Å². The number of carboxylic acid groups (broad SMARTS) is 1. The summed E-state index contributed by atoms with van der Waals surface area (Å²) in [4.78, 5) is 11.3. The number of benzene rings is 3. The molecule has 29 heavy (non-hydrogen) atoms. The molecular formula is C23H22O6. The summed E-state index contributed by atoms with van der Waals surface area (Å²) >= 11 is 0. The van der Waals surface area contributed by atoms with Gasteiger partial charge in [-0.15, -0.1) is 0 Å². The van der Waals surface area contributed by atoms with Crippen LogP contribution in [0.3, 0.4) is 0 Å². The standard InChI is InChI=1S/C23H22O6/c1-26-19-8-3-16(4-9-19)14-28-21-12-7-18(23(24)25)13-22(21)29-15-17-5-10-20(27-2)11-6-17/h3-13H,14-15H2,1-2H3,(H,24,25). The molecule has 0 aliphatic carbocycles. The third-order valence-electron chi connectivity index (χ3n) is 4.30. The fraction of sp³-hybridized carbons (Fsp3) is 0.174. The molecule has 3 aromatic rings. The summed E-state index contributed by atoms with van der Waals surface area (Å²) in [5.74, 6) is 1.34. The van der Waals surface area contributed by atoms with E-state index in [-0.39, 0.29) is 12.2 Å². The summed E-state index contributed by atoms with van der Waals surface area (Å²) in [6.45, 7) is 0.585. The smallest absolute Gasteiger partial charge is 0.335 e. The van der Waals surface area contributed by atoms with E-state index in [0.29, 0.717) is 18.1 Å². The van der Waals surface area contributed by atoms with Crippen LogP contribution in [0.4, 0.5) is 0 Å². The summed E-state index contributed by atoms with van der Waals surface area (Å²) in [7, 11) is 3.22. The largest absolute Gasteiger partial charge is 0.497 e. The number of ether oxygens (including phenoxy) is 4. The van der Waals surface area contributed by atoms with Crippen LogP contribution in [0.5, 0.6) is 23.0 Å². The molecule has 0 aliphatic rings. The minimum absolute atomic E-state index is 0.131. The van der Waals surface area contributed by atoms with E-state index in [0.717, 1.165) is 22.6 Å². The molecule has 0 heterocycles. The monoisotopic (exact) mass is 394 g/mol. The fourth-order valence-corrected chi connectivity index (χ4v) is 2.64. The summed E-state index contributed by atoms with van der Waals surface area (Å²) < 4.78 is 22.0. The number of methoxy groups -OCH3 is 2. The molecule has 0 atom stereocenters. The molecule has 0 spiro atoms. The van der Waals surface area contributed by atoms with Crippen molar-refractivity contribution in [1.29, 1.82) is 0 Å². The van der Waals surface area contributed by atoms with Crippen molar-refractivity contribution in [2.24, 2.45) is 0 Å². The zero-order chi connectivity index (χ0) is 20.6. The summed E-state index contributed by atoms with van der Waals surface area (Å²) in [6, 6.07) is 19.5. The van der Waals surface area contributed by atoms with Crippen molar-refractivity contribution >= 4 is 5.97 Å². The van der Waals surface area contributed by atoms with Gasteiger partial charge in [0.1, 0.15) is 24.7 Å². The Morgan fingerprint density at radius 2 is 1.21 bits per heavy atom. The number of carboxylic acids is 1. The number of rotatable bonds is 9. The molecule has 150 valence electrons. The van der Waals surface area contributed by atoms with Gasteiger partial charge in [0.25, 0.3) is 0 Å². The van der Waals surface area contributed by atoms with Crippen LogP contribution in [-0.2, 0) is 13.2 Å². The Balaban J connectivity index is 1.73. The summed E-state index contributed by atoms with van der Waals surface area (Å²) in [5.41, 5.74) is 2.01. The molecule has 0 saturated heterocycles. The Labute approximate surface area is 169 Å². The molecular weight excluding hydrogens is 372 g/mol. The second-order valence-corrected chi connectivity index (χ2v) is 6.24. The van der Waals surface area contributed by atoms with Crippen molar-refractivity contribution in [1.82, 2.24) is 0 Å². The lowest BCUT2D eigenvalue weighted by atomic mass is 10.2.